The van der Waals surface area contributed by atoms with Crippen molar-refractivity contribution in [2.45, 2.75) is 57.1 Å². The van der Waals surface area contributed by atoms with E-state index in [4.69, 9.17) is 17.0 Å². The van der Waals surface area contributed by atoms with Gasteiger partial charge in [-0.2, -0.15) is 0 Å². The molecule has 0 aromatic carbocycles. The van der Waals surface area contributed by atoms with Crippen LogP contribution in [-0.2, 0) is 4.74 Å². The van der Waals surface area contributed by atoms with E-state index in [0.29, 0.717) is 12.1 Å². The second-order valence-corrected chi connectivity index (χ2v) is 4.18. The fraction of sp³-hybridized carbons (Fsp3) is 0.833. The number of unbranched alkanes of at least 4 members (excludes halogenated alkanes) is 1. The van der Waals surface area contributed by atoms with E-state index in [9.17, 15) is 0 Å². The summed E-state index contributed by atoms with van der Waals surface area (Å²) < 4.78 is 5.68. The van der Waals surface area contributed by atoms with Crippen LogP contribution in [0, 0.1) is 12.3 Å². The van der Waals surface area contributed by atoms with Gasteiger partial charge in [-0.25, -0.2) is 0 Å². The van der Waals surface area contributed by atoms with Crippen LogP contribution in [-0.4, -0.2) is 18.8 Å². The van der Waals surface area contributed by atoms with Crippen LogP contribution in [0.4, 0.5) is 0 Å². The minimum Gasteiger partial charge on any atom is -0.378 e. The molecule has 0 aromatic rings. The Hall–Kier alpha value is -0.560. The fourth-order valence-electron chi connectivity index (χ4n) is 2.03. The summed E-state index contributed by atoms with van der Waals surface area (Å²) in [5.41, 5.74) is 2.86. The lowest BCUT2D eigenvalue weighted by Gasteiger charge is -2.26. The Morgan fingerprint density at radius 1 is 1.53 bits per heavy atom. The van der Waals surface area contributed by atoms with E-state index < -0.39 is 0 Å². The van der Waals surface area contributed by atoms with E-state index in [0.717, 1.165) is 32.3 Å². The first-order valence-corrected chi connectivity index (χ1v) is 5.88. The van der Waals surface area contributed by atoms with Gasteiger partial charge in [0.2, 0.25) is 0 Å². The van der Waals surface area contributed by atoms with Gasteiger partial charge in [-0.1, -0.05) is 0 Å². The molecule has 0 spiro atoms. The van der Waals surface area contributed by atoms with Crippen LogP contribution in [0.5, 0.6) is 0 Å². The molecule has 15 heavy (non-hydrogen) atoms. The van der Waals surface area contributed by atoms with Crippen molar-refractivity contribution in [2.24, 2.45) is 5.84 Å². The van der Waals surface area contributed by atoms with Crippen molar-refractivity contribution < 1.29 is 4.74 Å². The third-order valence-electron chi connectivity index (χ3n) is 2.93. The summed E-state index contributed by atoms with van der Waals surface area (Å²) >= 11 is 0. The number of hydrogen-bond acceptors (Lipinski definition) is 3. The number of nitrogens with two attached hydrogens (primary N) is 1. The molecule has 1 aliphatic rings. The summed E-state index contributed by atoms with van der Waals surface area (Å²) in [6.07, 6.45) is 13.2. The van der Waals surface area contributed by atoms with Gasteiger partial charge >= 0.3 is 0 Å². The van der Waals surface area contributed by atoms with Crippen molar-refractivity contribution in [3.63, 3.8) is 0 Å². The van der Waals surface area contributed by atoms with E-state index in [1.165, 1.54) is 19.3 Å². The highest BCUT2D eigenvalue weighted by atomic mass is 16.5. The van der Waals surface area contributed by atoms with E-state index in [2.05, 4.69) is 11.3 Å². The highest BCUT2D eigenvalue weighted by Crippen LogP contribution is 2.18. The Balaban J connectivity index is 2.17. The second-order valence-electron chi connectivity index (χ2n) is 4.18. The van der Waals surface area contributed by atoms with Gasteiger partial charge in [0.15, 0.2) is 0 Å². The van der Waals surface area contributed by atoms with Gasteiger partial charge in [0.05, 0.1) is 6.10 Å². The summed E-state index contributed by atoms with van der Waals surface area (Å²) in [6, 6.07) is 0.349. The van der Waals surface area contributed by atoms with Crippen LogP contribution < -0.4 is 11.3 Å². The van der Waals surface area contributed by atoms with Crippen molar-refractivity contribution >= 4 is 0 Å². The van der Waals surface area contributed by atoms with Crippen LogP contribution >= 0.6 is 0 Å². The molecular weight excluding hydrogens is 188 g/mol. The van der Waals surface area contributed by atoms with Gasteiger partial charge < -0.3 is 4.74 Å². The lowest BCUT2D eigenvalue weighted by atomic mass is 9.99. The van der Waals surface area contributed by atoms with Crippen molar-refractivity contribution in [1.82, 2.24) is 5.43 Å². The molecule has 0 radical (unpaired) electrons. The third kappa shape index (κ3) is 5.17. The van der Waals surface area contributed by atoms with Crippen LogP contribution in [0.1, 0.15) is 44.9 Å². The van der Waals surface area contributed by atoms with Gasteiger partial charge in [0.1, 0.15) is 0 Å². The minimum atomic E-state index is 0.349. The molecular formula is C12H22N2O. The van der Waals surface area contributed by atoms with Crippen molar-refractivity contribution in [2.75, 3.05) is 6.61 Å². The maximum atomic E-state index is 5.68. The molecule has 0 amide bonds. The highest BCUT2D eigenvalue weighted by Gasteiger charge is 2.18. The number of ether oxygens (including phenoxy) is 1. The van der Waals surface area contributed by atoms with Gasteiger partial charge in [0, 0.05) is 19.1 Å². The molecule has 1 heterocycles. The monoisotopic (exact) mass is 210 g/mol. The summed E-state index contributed by atoms with van der Waals surface area (Å²) in [5, 5.41) is 0. The normalized spacial score (nSPS) is 23.3. The summed E-state index contributed by atoms with van der Waals surface area (Å²) in [7, 11) is 0. The first-order valence-electron chi connectivity index (χ1n) is 5.88. The molecule has 0 aromatic heterocycles. The molecule has 2 unspecified atom stereocenters. The first-order chi connectivity index (χ1) is 7.36. The molecule has 1 rings (SSSR count). The zero-order valence-electron chi connectivity index (χ0n) is 9.37. The largest absolute Gasteiger partial charge is 0.378 e. The maximum absolute atomic E-state index is 5.68. The topological polar surface area (TPSA) is 47.3 Å². The fourth-order valence-corrected chi connectivity index (χ4v) is 2.03. The van der Waals surface area contributed by atoms with Crippen molar-refractivity contribution in [3.05, 3.63) is 0 Å². The predicted molar refractivity (Wildman–Crippen MR) is 62.0 cm³/mol. The quantitative estimate of drug-likeness (QED) is 0.303. The Morgan fingerprint density at radius 2 is 2.40 bits per heavy atom. The Bertz CT molecular complexity index is 194. The van der Waals surface area contributed by atoms with Gasteiger partial charge in [-0.15, -0.1) is 12.3 Å². The molecule has 86 valence electrons. The molecule has 3 nitrogen and oxygen atoms in total. The minimum absolute atomic E-state index is 0.349. The number of terminal acetylenes is 1. The van der Waals surface area contributed by atoms with Crippen LogP contribution in [0.3, 0.4) is 0 Å². The predicted octanol–water partition coefficient (Wildman–Crippen LogP) is 1.58. The summed E-state index contributed by atoms with van der Waals surface area (Å²) in [5.74, 6) is 8.17. The smallest absolute Gasteiger partial charge is 0.0590 e. The van der Waals surface area contributed by atoms with E-state index in [1.54, 1.807) is 0 Å². The number of hydrogen-bond donors (Lipinski definition) is 2. The Kier molecular flexibility index (Phi) is 6.42. The average Bonchev–Trinajstić information content (AvgIpc) is 2.29. The van der Waals surface area contributed by atoms with E-state index >= 15 is 0 Å². The standard InChI is InChI=1S/C12H22N2O/c1-2-3-4-7-11(14-13)10-12-8-5-6-9-15-12/h1,11-12,14H,3-10,13H2. The Morgan fingerprint density at radius 3 is 3.00 bits per heavy atom. The lowest BCUT2D eigenvalue weighted by Crippen LogP contribution is -2.39. The molecule has 3 N–H and O–H groups in total. The third-order valence-corrected chi connectivity index (χ3v) is 2.93. The molecule has 1 aliphatic heterocycles. The Labute approximate surface area is 92.7 Å². The number of nitrogens with one attached hydrogen (secondary N) is 1. The average molecular weight is 210 g/mol. The lowest BCUT2D eigenvalue weighted by molar-refractivity contribution is 0.00461. The highest BCUT2D eigenvalue weighted by molar-refractivity contribution is 4.84. The zero-order valence-corrected chi connectivity index (χ0v) is 9.37. The van der Waals surface area contributed by atoms with Crippen molar-refractivity contribution in [1.29, 1.82) is 0 Å². The molecule has 2 atom stereocenters. The van der Waals surface area contributed by atoms with Gasteiger partial charge in [-0.05, 0) is 38.5 Å². The summed E-state index contributed by atoms with van der Waals surface area (Å²) in [4.78, 5) is 0. The number of hydrazine groups is 1. The van der Waals surface area contributed by atoms with Crippen LogP contribution in [0.2, 0.25) is 0 Å². The van der Waals surface area contributed by atoms with E-state index in [-0.39, 0.29) is 0 Å². The molecule has 0 saturated carbocycles. The molecule has 1 fully saturated rings. The zero-order chi connectivity index (χ0) is 10.9. The van der Waals surface area contributed by atoms with Gasteiger partial charge in [-0.3, -0.25) is 11.3 Å². The SMILES string of the molecule is C#CCCCC(CC1CCCCO1)NN. The molecule has 0 bridgehead atoms. The van der Waals surface area contributed by atoms with Gasteiger partial charge in [0.25, 0.3) is 0 Å². The molecule has 1 saturated heterocycles. The number of rotatable bonds is 6. The van der Waals surface area contributed by atoms with Crippen LogP contribution in [0.15, 0.2) is 0 Å². The first kappa shape index (κ1) is 12.5. The summed E-state index contributed by atoms with van der Waals surface area (Å²) in [6.45, 7) is 0.909. The molecule has 3 heteroatoms. The maximum Gasteiger partial charge on any atom is 0.0590 e. The van der Waals surface area contributed by atoms with E-state index in [1.807, 2.05) is 0 Å². The van der Waals surface area contributed by atoms with Crippen LogP contribution in [0.25, 0.3) is 0 Å². The molecule has 0 aliphatic carbocycles. The second kappa shape index (κ2) is 7.70. The van der Waals surface area contributed by atoms with Crippen molar-refractivity contribution in [3.8, 4) is 12.3 Å².